The van der Waals surface area contributed by atoms with E-state index in [-0.39, 0.29) is 0 Å². The number of hydrogen-bond acceptors (Lipinski definition) is 0. The summed E-state index contributed by atoms with van der Waals surface area (Å²) in [5.41, 5.74) is 1.50. The fourth-order valence-electron chi connectivity index (χ4n) is 2.38. The molecule has 1 nitrogen and oxygen atoms in total. The monoisotopic (exact) mass is 262 g/mol. The Morgan fingerprint density at radius 3 is 2.26 bits per heavy atom. The number of hydrogen-bond donors (Lipinski definition) is 0. The van der Waals surface area contributed by atoms with Gasteiger partial charge in [0.05, 0.1) is 0 Å². The number of rotatable bonds is 10. The molecule has 1 aromatic rings. The van der Waals surface area contributed by atoms with Crippen LogP contribution in [0.25, 0.3) is 0 Å². The zero-order valence-corrected chi connectivity index (χ0v) is 13.2. The maximum absolute atomic E-state index is 2.32. The van der Waals surface area contributed by atoms with Crippen LogP contribution >= 0.6 is 0 Å². The summed E-state index contributed by atoms with van der Waals surface area (Å²) < 4.78 is 2.30. The molecular formula is C18H32N+. The van der Waals surface area contributed by atoms with E-state index in [1.54, 1.807) is 0 Å². The molecule has 1 aromatic heterocycles. The Bertz CT molecular complexity index is 313. The van der Waals surface area contributed by atoms with Gasteiger partial charge in [-0.25, -0.2) is 4.57 Å². The van der Waals surface area contributed by atoms with E-state index >= 15 is 0 Å². The second kappa shape index (κ2) is 10.00. The van der Waals surface area contributed by atoms with Gasteiger partial charge in [-0.3, -0.25) is 0 Å². The van der Waals surface area contributed by atoms with E-state index in [4.69, 9.17) is 0 Å². The maximum Gasteiger partial charge on any atom is 0.169 e. The summed E-state index contributed by atoms with van der Waals surface area (Å²) in [6.45, 7) is 8.04. The first-order chi connectivity index (χ1) is 9.22. The molecule has 0 aromatic carbocycles. The SMILES string of the molecule is CCCC[n+]1ccc(CCCCCCC(C)C)cc1. The Balaban J connectivity index is 2.12. The van der Waals surface area contributed by atoms with Crippen molar-refractivity contribution < 1.29 is 4.57 Å². The maximum atomic E-state index is 2.32. The Kier molecular flexibility index (Phi) is 8.53. The van der Waals surface area contributed by atoms with Gasteiger partial charge in [0, 0.05) is 18.6 Å². The molecule has 0 radical (unpaired) electrons. The first kappa shape index (κ1) is 16.2. The van der Waals surface area contributed by atoms with Crippen LogP contribution in [0.3, 0.4) is 0 Å². The van der Waals surface area contributed by atoms with Crippen molar-refractivity contribution in [1.82, 2.24) is 0 Å². The number of pyridine rings is 1. The molecule has 108 valence electrons. The first-order valence-electron chi connectivity index (χ1n) is 8.20. The van der Waals surface area contributed by atoms with Gasteiger partial charge in [0.1, 0.15) is 6.54 Å². The minimum absolute atomic E-state index is 0.868. The van der Waals surface area contributed by atoms with Gasteiger partial charge >= 0.3 is 0 Å². The van der Waals surface area contributed by atoms with Gasteiger partial charge in [-0.05, 0) is 24.3 Å². The van der Waals surface area contributed by atoms with Crippen LogP contribution in [0.2, 0.25) is 0 Å². The van der Waals surface area contributed by atoms with Crippen LogP contribution in [0.1, 0.15) is 71.3 Å². The van der Waals surface area contributed by atoms with Gasteiger partial charge in [0.2, 0.25) is 0 Å². The highest BCUT2D eigenvalue weighted by Gasteiger charge is 2.00. The standard InChI is InChI=1S/C18H32N/c1-4-5-14-19-15-12-18(13-16-19)11-9-7-6-8-10-17(2)3/h12-13,15-17H,4-11,14H2,1-3H3/q+1. The highest BCUT2D eigenvalue weighted by atomic mass is 14.9. The molecule has 1 heteroatoms. The van der Waals surface area contributed by atoms with Crippen molar-refractivity contribution in [2.75, 3.05) is 0 Å². The van der Waals surface area contributed by atoms with Crippen molar-refractivity contribution >= 4 is 0 Å². The fraction of sp³-hybridized carbons (Fsp3) is 0.722. The third-order valence-electron chi connectivity index (χ3n) is 3.73. The predicted octanol–water partition coefficient (Wildman–Crippen LogP) is 4.92. The van der Waals surface area contributed by atoms with Gasteiger partial charge in [0.15, 0.2) is 12.4 Å². The average Bonchev–Trinajstić information content (AvgIpc) is 2.41. The molecule has 0 N–H and O–H groups in total. The molecule has 0 saturated carbocycles. The van der Waals surface area contributed by atoms with E-state index in [0.717, 1.165) is 12.5 Å². The van der Waals surface area contributed by atoms with E-state index in [9.17, 15) is 0 Å². The Morgan fingerprint density at radius 2 is 1.63 bits per heavy atom. The van der Waals surface area contributed by atoms with Crippen LogP contribution < -0.4 is 4.57 Å². The second-order valence-electron chi connectivity index (χ2n) is 6.14. The molecule has 1 heterocycles. The average molecular weight is 262 g/mol. The topological polar surface area (TPSA) is 3.88 Å². The summed E-state index contributed by atoms with van der Waals surface area (Å²) in [5, 5.41) is 0. The summed E-state index contributed by atoms with van der Waals surface area (Å²) in [5.74, 6) is 0.868. The van der Waals surface area contributed by atoms with Crippen molar-refractivity contribution in [1.29, 1.82) is 0 Å². The lowest BCUT2D eigenvalue weighted by Gasteiger charge is -2.04. The van der Waals surface area contributed by atoms with Crippen LogP contribution in [0.4, 0.5) is 0 Å². The number of unbranched alkanes of at least 4 members (excludes halogenated alkanes) is 4. The minimum Gasteiger partial charge on any atom is -0.205 e. The molecule has 0 saturated heterocycles. The normalized spacial score (nSPS) is 11.2. The van der Waals surface area contributed by atoms with E-state index in [2.05, 4.69) is 49.9 Å². The molecule has 0 aliphatic carbocycles. The Labute approximate surface area is 120 Å². The van der Waals surface area contributed by atoms with Crippen LogP contribution in [-0.4, -0.2) is 0 Å². The summed E-state index contributed by atoms with van der Waals surface area (Å²) >= 11 is 0. The zero-order valence-electron chi connectivity index (χ0n) is 13.2. The largest absolute Gasteiger partial charge is 0.205 e. The van der Waals surface area contributed by atoms with E-state index in [1.165, 1.54) is 56.9 Å². The Morgan fingerprint density at radius 1 is 0.947 bits per heavy atom. The molecule has 0 bridgehead atoms. The van der Waals surface area contributed by atoms with Crippen molar-refractivity contribution in [3.05, 3.63) is 30.1 Å². The van der Waals surface area contributed by atoms with Crippen molar-refractivity contribution in [3.8, 4) is 0 Å². The van der Waals surface area contributed by atoms with Crippen molar-refractivity contribution in [2.24, 2.45) is 5.92 Å². The lowest BCUT2D eigenvalue weighted by Crippen LogP contribution is -2.32. The zero-order chi connectivity index (χ0) is 13.9. The van der Waals surface area contributed by atoms with Crippen LogP contribution in [0.5, 0.6) is 0 Å². The van der Waals surface area contributed by atoms with Crippen LogP contribution in [-0.2, 0) is 13.0 Å². The smallest absolute Gasteiger partial charge is 0.169 e. The van der Waals surface area contributed by atoms with E-state index < -0.39 is 0 Å². The van der Waals surface area contributed by atoms with Gasteiger partial charge in [-0.1, -0.05) is 52.9 Å². The van der Waals surface area contributed by atoms with Crippen molar-refractivity contribution in [2.45, 2.75) is 78.7 Å². The van der Waals surface area contributed by atoms with E-state index in [1.807, 2.05) is 0 Å². The molecule has 0 amide bonds. The van der Waals surface area contributed by atoms with Gasteiger partial charge in [-0.15, -0.1) is 0 Å². The molecule has 19 heavy (non-hydrogen) atoms. The fourth-order valence-corrected chi connectivity index (χ4v) is 2.38. The number of nitrogens with zero attached hydrogens (tertiary/aromatic N) is 1. The highest BCUT2D eigenvalue weighted by Crippen LogP contribution is 2.11. The molecule has 0 aliphatic heterocycles. The Hall–Kier alpha value is -0.850. The van der Waals surface area contributed by atoms with Crippen LogP contribution in [0, 0.1) is 5.92 Å². The highest BCUT2D eigenvalue weighted by molar-refractivity contribution is 5.07. The third-order valence-corrected chi connectivity index (χ3v) is 3.73. The summed E-state index contributed by atoms with van der Waals surface area (Å²) in [6.07, 6.45) is 15.2. The molecule has 0 spiro atoms. The lowest BCUT2D eigenvalue weighted by molar-refractivity contribution is -0.697. The number of aromatic nitrogens is 1. The second-order valence-corrected chi connectivity index (χ2v) is 6.14. The first-order valence-corrected chi connectivity index (χ1v) is 8.20. The van der Waals surface area contributed by atoms with Gasteiger partial charge in [-0.2, -0.15) is 0 Å². The minimum atomic E-state index is 0.868. The molecule has 1 rings (SSSR count). The summed E-state index contributed by atoms with van der Waals surface area (Å²) in [6, 6.07) is 4.59. The quantitative estimate of drug-likeness (QED) is 0.416. The lowest BCUT2D eigenvalue weighted by atomic mass is 10.0. The van der Waals surface area contributed by atoms with E-state index in [0.29, 0.717) is 0 Å². The van der Waals surface area contributed by atoms with Crippen LogP contribution in [0.15, 0.2) is 24.5 Å². The summed E-state index contributed by atoms with van der Waals surface area (Å²) in [4.78, 5) is 0. The third kappa shape index (κ3) is 8.02. The molecule has 0 atom stereocenters. The predicted molar refractivity (Wildman–Crippen MR) is 83.2 cm³/mol. The molecule has 0 aliphatic rings. The molecule has 0 unspecified atom stereocenters. The molecule has 0 fully saturated rings. The summed E-state index contributed by atoms with van der Waals surface area (Å²) in [7, 11) is 0. The molecular weight excluding hydrogens is 230 g/mol. The van der Waals surface area contributed by atoms with Gasteiger partial charge in [0.25, 0.3) is 0 Å². The van der Waals surface area contributed by atoms with Gasteiger partial charge < -0.3 is 0 Å². The van der Waals surface area contributed by atoms with Crippen molar-refractivity contribution in [3.63, 3.8) is 0 Å². The number of aryl methyl sites for hydroxylation is 2.